The van der Waals surface area contributed by atoms with Crippen LogP contribution in [0, 0.1) is 6.92 Å². The van der Waals surface area contributed by atoms with Crippen LogP contribution in [0.1, 0.15) is 21.5 Å². The van der Waals surface area contributed by atoms with Gasteiger partial charge in [0.2, 0.25) is 5.91 Å². The summed E-state index contributed by atoms with van der Waals surface area (Å²) < 4.78 is 0. The minimum Gasteiger partial charge on any atom is -0.478 e. The number of rotatable bonds is 4. The number of aryl methyl sites for hydroxylation is 1. The third-order valence-electron chi connectivity index (χ3n) is 2.85. The highest BCUT2D eigenvalue weighted by Crippen LogP contribution is 2.11. The van der Waals surface area contributed by atoms with Gasteiger partial charge in [-0.05, 0) is 36.8 Å². The molecule has 0 aromatic heterocycles. The van der Waals surface area contributed by atoms with Crippen molar-refractivity contribution in [3.63, 3.8) is 0 Å². The number of amides is 1. The largest absolute Gasteiger partial charge is 0.478 e. The molecule has 1 amide bonds. The van der Waals surface area contributed by atoms with Gasteiger partial charge in [0.1, 0.15) is 0 Å². The molecule has 2 N–H and O–H groups in total. The zero-order valence-corrected chi connectivity index (χ0v) is 11.5. The van der Waals surface area contributed by atoms with Crippen LogP contribution in [0.3, 0.4) is 0 Å². The second-order valence-electron chi connectivity index (χ2n) is 4.62. The van der Waals surface area contributed by atoms with E-state index in [9.17, 15) is 9.59 Å². The lowest BCUT2D eigenvalue weighted by Gasteiger charge is -2.03. The average Bonchev–Trinajstić information content (AvgIpc) is 2.45. The fourth-order valence-electron chi connectivity index (χ4n) is 1.86. The van der Waals surface area contributed by atoms with Crippen molar-refractivity contribution >= 4 is 23.6 Å². The molecule has 2 aromatic carbocycles. The number of nitrogens with one attached hydrogen (secondary N) is 1. The molecule has 0 spiro atoms. The highest BCUT2D eigenvalue weighted by Gasteiger charge is 2.04. The normalized spacial score (nSPS) is 10.5. The first-order chi connectivity index (χ1) is 10.0. The molecule has 0 unspecified atom stereocenters. The van der Waals surface area contributed by atoms with Crippen LogP contribution >= 0.6 is 0 Å². The molecule has 2 aromatic rings. The minimum atomic E-state index is -1.03. The van der Waals surface area contributed by atoms with Gasteiger partial charge in [-0.25, -0.2) is 4.79 Å². The van der Waals surface area contributed by atoms with E-state index in [0.717, 1.165) is 11.1 Å². The first-order valence-corrected chi connectivity index (χ1v) is 6.44. The lowest BCUT2D eigenvalue weighted by atomic mass is 10.1. The van der Waals surface area contributed by atoms with Crippen LogP contribution in [0.2, 0.25) is 0 Å². The van der Waals surface area contributed by atoms with Crippen LogP contribution < -0.4 is 5.32 Å². The van der Waals surface area contributed by atoms with Crippen LogP contribution in [-0.4, -0.2) is 17.0 Å². The number of hydrogen-bond donors (Lipinski definition) is 2. The van der Waals surface area contributed by atoms with Gasteiger partial charge in [0.05, 0.1) is 5.56 Å². The molecule has 106 valence electrons. The van der Waals surface area contributed by atoms with Gasteiger partial charge in [-0.15, -0.1) is 0 Å². The van der Waals surface area contributed by atoms with Gasteiger partial charge in [0, 0.05) is 11.8 Å². The van der Waals surface area contributed by atoms with Crippen LogP contribution in [0.15, 0.2) is 54.6 Å². The summed E-state index contributed by atoms with van der Waals surface area (Å²) in [5.41, 5.74) is 2.64. The van der Waals surface area contributed by atoms with Crippen molar-refractivity contribution in [3.05, 3.63) is 71.3 Å². The number of carbonyl (C=O) groups is 2. The third kappa shape index (κ3) is 4.31. The predicted octanol–water partition coefficient (Wildman–Crippen LogP) is 3.35. The molecule has 4 nitrogen and oxygen atoms in total. The van der Waals surface area contributed by atoms with Crippen molar-refractivity contribution in [3.8, 4) is 0 Å². The van der Waals surface area contributed by atoms with E-state index >= 15 is 0 Å². The highest BCUT2D eigenvalue weighted by molar-refractivity contribution is 6.02. The maximum atomic E-state index is 11.8. The Balaban J connectivity index is 2.05. The molecule has 0 atom stereocenters. The van der Waals surface area contributed by atoms with E-state index in [1.807, 2.05) is 31.2 Å². The van der Waals surface area contributed by atoms with Crippen molar-refractivity contribution in [2.24, 2.45) is 0 Å². The fraction of sp³-hybridized carbons (Fsp3) is 0.0588. The van der Waals surface area contributed by atoms with E-state index in [2.05, 4.69) is 5.32 Å². The summed E-state index contributed by atoms with van der Waals surface area (Å²) in [5, 5.41) is 11.5. The number of hydrogen-bond acceptors (Lipinski definition) is 2. The molecular formula is C17H15NO3. The van der Waals surface area contributed by atoms with Crippen molar-refractivity contribution in [2.75, 3.05) is 5.32 Å². The standard InChI is InChI=1S/C17H15NO3/c1-12-4-2-5-13(10-12)8-9-16(19)18-15-7-3-6-14(11-15)17(20)21/h2-11H,1H3,(H,18,19)(H,20,21). The summed E-state index contributed by atoms with van der Waals surface area (Å²) in [6, 6.07) is 13.9. The van der Waals surface area contributed by atoms with Crippen molar-refractivity contribution in [1.82, 2.24) is 0 Å². The Morgan fingerprint density at radius 1 is 1.10 bits per heavy atom. The first-order valence-electron chi connectivity index (χ1n) is 6.44. The summed E-state index contributed by atoms with van der Waals surface area (Å²) in [5.74, 6) is -1.33. The van der Waals surface area contributed by atoms with E-state index in [4.69, 9.17) is 5.11 Å². The highest BCUT2D eigenvalue weighted by atomic mass is 16.4. The lowest BCUT2D eigenvalue weighted by molar-refractivity contribution is -0.111. The summed E-state index contributed by atoms with van der Waals surface area (Å²) in [6.07, 6.45) is 3.13. The molecule has 0 aliphatic carbocycles. The molecule has 21 heavy (non-hydrogen) atoms. The van der Waals surface area contributed by atoms with Gasteiger partial charge in [-0.2, -0.15) is 0 Å². The summed E-state index contributed by atoms with van der Waals surface area (Å²) in [4.78, 5) is 22.7. The Hall–Kier alpha value is -2.88. The van der Waals surface area contributed by atoms with Crippen molar-refractivity contribution in [2.45, 2.75) is 6.92 Å². The Kier molecular flexibility index (Phi) is 4.51. The van der Waals surface area contributed by atoms with Gasteiger partial charge < -0.3 is 10.4 Å². The summed E-state index contributed by atoms with van der Waals surface area (Å²) >= 11 is 0. The number of benzene rings is 2. The Morgan fingerprint density at radius 3 is 2.57 bits per heavy atom. The Labute approximate surface area is 122 Å². The topological polar surface area (TPSA) is 66.4 Å². The van der Waals surface area contributed by atoms with Crippen LogP contribution in [0.4, 0.5) is 5.69 Å². The SMILES string of the molecule is Cc1cccc(C=CC(=O)Nc2cccc(C(=O)O)c2)c1. The first kappa shape index (κ1) is 14.5. The second-order valence-corrected chi connectivity index (χ2v) is 4.62. The molecule has 0 aliphatic heterocycles. The lowest BCUT2D eigenvalue weighted by Crippen LogP contribution is -2.08. The zero-order chi connectivity index (χ0) is 15.2. The molecule has 0 radical (unpaired) electrons. The molecule has 4 heteroatoms. The number of carboxylic acid groups (broad SMARTS) is 1. The van der Waals surface area contributed by atoms with E-state index in [1.54, 1.807) is 18.2 Å². The number of aromatic carboxylic acids is 1. The molecular weight excluding hydrogens is 266 g/mol. The maximum absolute atomic E-state index is 11.8. The minimum absolute atomic E-state index is 0.135. The molecule has 0 aliphatic rings. The van der Waals surface area contributed by atoms with Gasteiger partial charge in [0.25, 0.3) is 0 Å². The van der Waals surface area contributed by atoms with E-state index in [0.29, 0.717) is 5.69 Å². The number of carboxylic acids is 1. The molecule has 0 fully saturated rings. The van der Waals surface area contributed by atoms with Crippen molar-refractivity contribution < 1.29 is 14.7 Å². The predicted molar refractivity (Wildman–Crippen MR) is 82.2 cm³/mol. The number of anilines is 1. The zero-order valence-electron chi connectivity index (χ0n) is 11.5. The second kappa shape index (κ2) is 6.52. The Bertz CT molecular complexity index is 705. The molecule has 0 heterocycles. The molecule has 0 saturated carbocycles. The van der Waals surface area contributed by atoms with Crippen LogP contribution in [-0.2, 0) is 4.79 Å². The van der Waals surface area contributed by atoms with Crippen molar-refractivity contribution in [1.29, 1.82) is 0 Å². The average molecular weight is 281 g/mol. The summed E-state index contributed by atoms with van der Waals surface area (Å²) in [6.45, 7) is 1.98. The quantitative estimate of drug-likeness (QED) is 0.845. The van der Waals surface area contributed by atoms with Crippen LogP contribution in [0.5, 0.6) is 0 Å². The smallest absolute Gasteiger partial charge is 0.335 e. The van der Waals surface area contributed by atoms with Gasteiger partial charge >= 0.3 is 5.97 Å². The third-order valence-corrected chi connectivity index (χ3v) is 2.85. The Morgan fingerprint density at radius 2 is 1.86 bits per heavy atom. The molecule has 2 rings (SSSR count). The van der Waals surface area contributed by atoms with Gasteiger partial charge in [0.15, 0.2) is 0 Å². The van der Waals surface area contributed by atoms with E-state index < -0.39 is 5.97 Å². The van der Waals surface area contributed by atoms with Gasteiger partial charge in [-0.1, -0.05) is 35.9 Å². The van der Waals surface area contributed by atoms with Crippen LogP contribution in [0.25, 0.3) is 6.08 Å². The van der Waals surface area contributed by atoms with E-state index in [1.165, 1.54) is 18.2 Å². The summed E-state index contributed by atoms with van der Waals surface area (Å²) in [7, 11) is 0. The van der Waals surface area contributed by atoms with Gasteiger partial charge in [-0.3, -0.25) is 4.79 Å². The van der Waals surface area contributed by atoms with E-state index in [-0.39, 0.29) is 11.5 Å². The monoisotopic (exact) mass is 281 g/mol. The molecule has 0 saturated heterocycles. The molecule has 0 bridgehead atoms. The fourth-order valence-corrected chi connectivity index (χ4v) is 1.86. The maximum Gasteiger partial charge on any atom is 0.335 e. The number of carbonyl (C=O) groups excluding carboxylic acids is 1.